The van der Waals surface area contributed by atoms with Crippen molar-refractivity contribution in [2.45, 2.75) is 47.1 Å². The smallest absolute Gasteiger partial charge is 0.251 e. The van der Waals surface area contributed by atoms with Gasteiger partial charge < -0.3 is 10.4 Å². The van der Waals surface area contributed by atoms with E-state index in [1.807, 2.05) is 32.0 Å². The summed E-state index contributed by atoms with van der Waals surface area (Å²) in [5.74, 6) is -0.0640. The molecule has 0 aliphatic heterocycles. The van der Waals surface area contributed by atoms with Gasteiger partial charge in [-0.25, -0.2) is 0 Å². The molecule has 19 heavy (non-hydrogen) atoms. The molecule has 1 aromatic rings. The van der Waals surface area contributed by atoms with Crippen molar-refractivity contribution in [3.63, 3.8) is 0 Å². The molecular formula is C16H25NO2. The molecule has 0 saturated carbocycles. The summed E-state index contributed by atoms with van der Waals surface area (Å²) >= 11 is 0. The quantitative estimate of drug-likeness (QED) is 0.877. The summed E-state index contributed by atoms with van der Waals surface area (Å²) in [6.45, 7) is 10.2. The topological polar surface area (TPSA) is 49.3 Å². The van der Waals surface area contributed by atoms with Crippen LogP contribution in [-0.4, -0.2) is 23.7 Å². The van der Waals surface area contributed by atoms with Gasteiger partial charge in [0.1, 0.15) is 0 Å². The zero-order valence-electron chi connectivity index (χ0n) is 12.6. The second kappa shape index (κ2) is 6.20. The number of benzene rings is 1. The van der Waals surface area contributed by atoms with Crippen LogP contribution in [0.2, 0.25) is 0 Å². The van der Waals surface area contributed by atoms with Crippen LogP contribution in [0.5, 0.6) is 0 Å². The number of aryl methyl sites for hydroxylation is 2. The van der Waals surface area contributed by atoms with Crippen molar-refractivity contribution < 1.29 is 9.90 Å². The zero-order valence-corrected chi connectivity index (χ0v) is 12.6. The molecule has 0 spiro atoms. The van der Waals surface area contributed by atoms with E-state index in [9.17, 15) is 4.79 Å². The van der Waals surface area contributed by atoms with Crippen molar-refractivity contribution in [2.24, 2.45) is 5.41 Å². The summed E-state index contributed by atoms with van der Waals surface area (Å²) in [4.78, 5) is 12.3. The van der Waals surface area contributed by atoms with E-state index < -0.39 is 0 Å². The number of aliphatic hydroxyl groups is 1. The normalized spacial score (nSPS) is 13.2. The molecule has 1 unspecified atom stereocenters. The van der Waals surface area contributed by atoms with Gasteiger partial charge in [-0.05, 0) is 37.3 Å². The van der Waals surface area contributed by atoms with Crippen LogP contribution < -0.4 is 5.32 Å². The molecule has 0 aliphatic rings. The fourth-order valence-corrected chi connectivity index (χ4v) is 2.16. The fourth-order valence-electron chi connectivity index (χ4n) is 2.16. The van der Waals surface area contributed by atoms with Gasteiger partial charge in [0.05, 0.1) is 0 Å². The first-order valence-electron chi connectivity index (χ1n) is 6.74. The summed E-state index contributed by atoms with van der Waals surface area (Å²) < 4.78 is 0. The van der Waals surface area contributed by atoms with Crippen LogP contribution in [0, 0.1) is 19.3 Å². The molecule has 106 valence electrons. The third-order valence-corrected chi connectivity index (χ3v) is 3.40. The van der Waals surface area contributed by atoms with Gasteiger partial charge in [0.15, 0.2) is 0 Å². The lowest BCUT2D eigenvalue weighted by molar-refractivity contribution is 0.0884. The Labute approximate surface area is 116 Å². The predicted octanol–water partition coefficient (Wildman–Crippen LogP) is 2.83. The molecule has 3 nitrogen and oxygen atoms in total. The molecule has 2 N–H and O–H groups in total. The van der Waals surface area contributed by atoms with Gasteiger partial charge in [-0.2, -0.15) is 0 Å². The molecule has 1 atom stereocenters. The van der Waals surface area contributed by atoms with Gasteiger partial charge in [0.25, 0.3) is 5.91 Å². The van der Waals surface area contributed by atoms with E-state index in [0.717, 1.165) is 11.1 Å². The number of carbonyl (C=O) groups excluding carboxylic acids is 1. The number of amides is 1. The van der Waals surface area contributed by atoms with Crippen LogP contribution in [-0.2, 0) is 0 Å². The molecule has 0 aliphatic carbocycles. The molecule has 1 amide bonds. The predicted molar refractivity (Wildman–Crippen MR) is 78.3 cm³/mol. The lowest BCUT2D eigenvalue weighted by atomic mass is 9.84. The van der Waals surface area contributed by atoms with Crippen molar-refractivity contribution in [1.29, 1.82) is 0 Å². The van der Waals surface area contributed by atoms with Gasteiger partial charge in [0.2, 0.25) is 0 Å². The van der Waals surface area contributed by atoms with E-state index in [2.05, 4.69) is 26.1 Å². The zero-order chi connectivity index (χ0) is 14.6. The largest absolute Gasteiger partial charge is 0.396 e. The average molecular weight is 263 g/mol. The Bertz CT molecular complexity index is 447. The number of nitrogens with one attached hydrogen (secondary N) is 1. The molecule has 1 rings (SSSR count). The maximum Gasteiger partial charge on any atom is 0.251 e. The molecule has 3 heteroatoms. The SMILES string of the molecule is Cc1ccc(C(=O)NC(CCO)C(C)(C)C)c(C)c1. The molecule has 0 heterocycles. The number of aliphatic hydroxyl groups excluding tert-OH is 1. The van der Waals surface area contributed by atoms with Gasteiger partial charge in [-0.15, -0.1) is 0 Å². The van der Waals surface area contributed by atoms with E-state index in [1.165, 1.54) is 0 Å². The Morgan fingerprint density at radius 2 is 1.95 bits per heavy atom. The van der Waals surface area contributed by atoms with E-state index >= 15 is 0 Å². The molecule has 0 fully saturated rings. The van der Waals surface area contributed by atoms with Crippen LogP contribution in [0.4, 0.5) is 0 Å². The molecule has 0 aromatic heterocycles. The Balaban J connectivity index is 2.88. The van der Waals surface area contributed by atoms with E-state index in [-0.39, 0.29) is 24.0 Å². The first kappa shape index (κ1) is 15.7. The van der Waals surface area contributed by atoms with Crippen LogP contribution in [0.15, 0.2) is 18.2 Å². The van der Waals surface area contributed by atoms with E-state index in [0.29, 0.717) is 12.0 Å². The number of carbonyl (C=O) groups is 1. The summed E-state index contributed by atoms with van der Waals surface area (Å²) in [5, 5.41) is 12.2. The first-order valence-corrected chi connectivity index (χ1v) is 6.74. The minimum Gasteiger partial charge on any atom is -0.396 e. The van der Waals surface area contributed by atoms with Gasteiger partial charge in [0, 0.05) is 18.2 Å². The number of hydrogen-bond acceptors (Lipinski definition) is 2. The highest BCUT2D eigenvalue weighted by Crippen LogP contribution is 2.22. The minimum atomic E-state index is -0.0724. The van der Waals surface area contributed by atoms with Crippen molar-refractivity contribution >= 4 is 5.91 Å². The van der Waals surface area contributed by atoms with Gasteiger partial charge >= 0.3 is 0 Å². The lowest BCUT2D eigenvalue weighted by Crippen LogP contribution is -2.44. The van der Waals surface area contributed by atoms with Crippen LogP contribution in [0.1, 0.15) is 48.7 Å². The second-order valence-electron chi connectivity index (χ2n) is 6.22. The highest BCUT2D eigenvalue weighted by atomic mass is 16.3. The third-order valence-electron chi connectivity index (χ3n) is 3.40. The van der Waals surface area contributed by atoms with Crippen LogP contribution >= 0.6 is 0 Å². The maximum absolute atomic E-state index is 12.3. The summed E-state index contributed by atoms with van der Waals surface area (Å²) in [5.41, 5.74) is 2.76. The Hall–Kier alpha value is -1.35. The summed E-state index contributed by atoms with van der Waals surface area (Å²) in [6, 6.07) is 5.77. The molecule has 1 aromatic carbocycles. The summed E-state index contributed by atoms with van der Waals surface area (Å²) in [6.07, 6.45) is 0.570. The second-order valence-corrected chi connectivity index (χ2v) is 6.22. The average Bonchev–Trinajstić information content (AvgIpc) is 2.26. The Morgan fingerprint density at radius 3 is 2.42 bits per heavy atom. The fraction of sp³-hybridized carbons (Fsp3) is 0.562. The standard InChI is InChI=1S/C16H25NO2/c1-11-6-7-13(12(2)10-11)15(19)17-14(8-9-18)16(3,4)5/h6-7,10,14,18H,8-9H2,1-5H3,(H,17,19). The van der Waals surface area contributed by atoms with Crippen molar-refractivity contribution in [3.05, 3.63) is 34.9 Å². The highest BCUT2D eigenvalue weighted by molar-refractivity contribution is 5.95. The summed E-state index contributed by atoms with van der Waals surface area (Å²) in [7, 11) is 0. The van der Waals surface area contributed by atoms with Gasteiger partial charge in [-0.1, -0.05) is 38.5 Å². The lowest BCUT2D eigenvalue weighted by Gasteiger charge is -2.31. The van der Waals surface area contributed by atoms with Crippen molar-refractivity contribution in [1.82, 2.24) is 5.32 Å². The molecular weight excluding hydrogens is 238 g/mol. The van der Waals surface area contributed by atoms with Crippen LogP contribution in [0.3, 0.4) is 0 Å². The van der Waals surface area contributed by atoms with E-state index in [4.69, 9.17) is 5.11 Å². The maximum atomic E-state index is 12.3. The molecule has 0 saturated heterocycles. The van der Waals surface area contributed by atoms with Crippen molar-refractivity contribution in [2.75, 3.05) is 6.61 Å². The molecule has 0 bridgehead atoms. The van der Waals surface area contributed by atoms with Crippen molar-refractivity contribution in [3.8, 4) is 0 Å². The monoisotopic (exact) mass is 263 g/mol. The first-order chi connectivity index (χ1) is 8.75. The number of rotatable bonds is 4. The molecule has 0 radical (unpaired) electrons. The third kappa shape index (κ3) is 4.35. The number of hydrogen-bond donors (Lipinski definition) is 2. The Morgan fingerprint density at radius 1 is 1.32 bits per heavy atom. The van der Waals surface area contributed by atoms with Gasteiger partial charge in [-0.3, -0.25) is 4.79 Å². The van der Waals surface area contributed by atoms with E-state index in [1.54, 1.807) is 0 Å². The highest BCUT2D eigenvalue weighted by Gasteiger charge is 2.26. The minimum absolute atomic E-state index is 0.0364. The Kier molecular flexibility index (Phi) is 5.12. The van der Waals surface area contributed by atoms with Crippen LogP contribution in [0.25, 0.3) is 0 Å².